The summed E-state index contributed by atoms with van der Waals surface area (Å²) < 4.78 is 11.2. The van der Waals surface area contributed by atoms with Crippen molar-refractivity contribution in [1.29, 1.82) is 0 Å². The van der Waals surface area contributed by atoms with Crippen LogP contribution in [0, 0.1) is 0 Å². The Labute approximate surface area is 281 Å². The summed E-state index contributed by atoms with van der Waals surface area (Å²) in [5.41, 5.74) is 11.3. The molecule has 3 heterocycles. The summed E-state index contributed by atoms with van der Waals surface area (Å²) >= 11 is 0. The maximum Gasteiger partial charge on any atom is 0.136 e. The molecule has 8 aromatic carbocycles. The molecule has 0 aliphatic rings. The van der Waals surface area contributed by atoms with Gasteiger partial charge in [0.15, 0.2) is 0 Å². The molecule has 3 aromatic heterocycles. The highest BCUT2D eigenvalue weighted by atomic mass is 16.3. The molecular formula is C46H28N2O. The average molecular weight is 625 g/mol. The number of fused-ring (bicyclic) bond motifs is 10. The van der Waals surface area contributed by atoms with Crippen molar-refractivity contribution < 1.29 is 4.42 Å². The SMILES string of the molecule is c1ccc(-n2c3ccccc3c3cc(-c4ccc5c(c4)c4cc6oc7ccccc7c6cc4n5-c4ccc5ccccc5c4)ccc32)cc1. The number of aromatic nitrogens is 2. The van der Waals surface area contributed by atoms with Gasteiger partial charge >= 0.3 is 0 Å². The van der Waals surface area contributed by atoms with Gasteiger partial charge in [0, 0.05) is 43.7 Å². The predicted octanol–water partition coefficient (Wildman–Crippen LogP) is 12.6. The van der Waals surface area contributed by atoms with Crippen LogP contribution >= 0.6 is 0 Å². The number of para-hydroxylation sites is 3. The molecule has 0 fully saturated rings. The highest BCUT2D eigenvalue weighted by Crippen LogP contribution is 2.41. The fourth-order valence-electron chi connectivity index (χ4n) is 8.02. The van der Waals surface area contributed by atoms with Crippen LogP contribution in [0.3, 0.4) is 0 Å². The van der Waals surface area contributed by atoms with E-state index in [9.17, 15) is 0 Å². The van der Waals surface area contributed by atoms with E-state index < -0.39 is 0 Å². The Hall–Kier alpha value is -6.58. The molecule has 0 aliphatic carbocycles. The van der Waals surface area contributed by atoms with Crippen LogP contribution in [0.25, 0.3) is 98.8 Å². The molecule has 0 amide bonds. The quantitative estimate of drug-likeness (QED) is 0.192. The summed E-state index contributed by atoms with van der Waals surface area (Å²) in [4.78, 5) is 0. The van der Waals surface area contributed by atoms with Gasteiger partial charge in [-0.2, -0.15) is 0 Å². The van der Waals surface area contributed by atoms with Crippen molar-refractivity contribution in [3.63, 3.8) is 0 Å². The molecule has 0 aliphatic heterocycles. The summed E-state index contributed by atoms with van der Waals surface area (Å²) in [6.45, 7) is 0. The van der Waals surface area contributed by atoms with Gasteiger partial charge in [-0.3, -0.25) is 0 Å². The minimum Gasteiger partial charge on any atom is -0.456 e. The van der Waals surface area contributed by atoms with Crippen LogP contribution in [0.4, 0.5) is 0 Å². The lowest BCUT2D eigenvalue weighted by Gasteiger charge is -2.10. The van der Waals surface area contributed by atoms with E-state index in [1.807, 2.05) is 6.07 Å². The third-order valence-electron chi connectivity index (χ3n) is 10.3. The Morgan fingerprint density at radius 3 is 1.73 bits per heavy atom. The second-order valence-electron chi connectivity index (χ2n) is 13.0. The third kappa shape index (κ3) is 3.84. The van der Waals surface area contributed by atoms with Gasteiger partial charge in [0.1, 0.15) is 11.2 Å². The minimum absolute atomic E-state index is 0.909. The van der Waals surface area contributed by atoms with Crippen molar-refractivity contribution in [1.82, 2.24) is 9.13 Å². The molecule has 11 aromatic rings. The smallest absolute Gasteiger partial charge is 0.136 e. The number of nitrogens with zero attached hydrogens (tertiary/aromatic N) is 2. The molecule has 3 heteroatoms. The van der Waals surface area contributed by atoms with Crippen molar-refractivity contribution in [2.45, 2.75) is 0 Å². The molecule has 0 atom stereocenters. The van der Waals surface area contributed by atoms with Gasteiger partial charge in [-0.15, -0.1) is 0 Å². The molecule has 228 valence electrons. The number of rotatable bonds is 3. The van der Waals surface area contributed by atoms with Crippen LogP contribution in [0.1, 0.15) is 0 Å². The van der Waals surface area contributed by atoms with E-state index in [0.717, 1.165) is 27.6 Å². The molecule has 0 N–H and O–H groups in total. The molecule has 0 spiro atoms. The van der Waals surface area contributed by atoms with Gasteiger partial charge in [0.05, 0.1) is 22.1 Å². The fourth-order valence-corrected chi connectivity index (χ4v) is 8.02. The van der Waals surface area contributed by atoms with Crippen molar-refractivity contribution in [3.8, 4) is 22.5 Å². The summed E-state index contributed by atoms with van der Waals surface area (Å²) in [6, 6.07) is 61.4. The Balaban J connectivity index is 1.17. The van der Waals surface area contributed by atoms with Crippen LogP contribution in [0.15, 0.2) is 174 Å². The van der Waals surface area contributed by atoms with Gasteiger partial charge in [-0.05, 0) is 94.7 Å². The number of hydrogen-bond acceptors (Lipinski definition) is 1. The van der Waals surface area contributed by atoms with Gasteiger partial charge < -0.3 is 13.6 Å². The highest BCUT2D eigenvalue weighted by Gasteiger charge is 2.18. The second-order valence-corrected chi connectivity index (χ2v) is 13.0. The van der Waals surface area contributed by atoms with Crippen LogP contribution in [0.2, 0.25) is 0 Å². The lowest BCUT2D eigenvalue weighted by Crippen LogP contribution is -1.94. The van der Waals surface area contributed by atoms with E-state index in [2.05, 4.69) is 173 Å². The highest BCUT2D eigenvalue weighted by molar-refractivity contribution is 6.18. The van der Waals surface area contributed by atoms with E-state index in [4.69, 9.17) is 4.42 Å². The largest absolute Gasteiger partial charge is 0.456 e. The van der Waals surface area contributed by atoms with Crippen LogP contribution in [-0.2, 0) is 0 Å². The van der Waals surface area contributed by atoms with Crippen molar-refractivity contribution in [2.75, 3.05) is 0 Å². The maximum absolute atomic E-state index is 6.41. The van der Waals surface area contributed by atoms with E-state index >= 15 is 0 Å². The lowest BCUT2D eigenvalue weighted by molar-refractivity contribution is 0.669. The van der Waals surface area contributed by atoms with E-state index in [1.165, 1.54) is 71.2 Å². The molecule has 0 radical (unpaired) electrons. The average Bonchev–Trinajstić information content (AvgIpc) is 3.80. The van der Waals surface area contributed by atoms with E-state index in [1.54, 1.807) is 0 Å². The van der Waals surface area contributed by atoms with Crippen molar-refractivity contribution in [2.24, 2.45) is 0 Å². The molecule has 3 nitrogen and oxygen atoms in total. The first-order valence-electron chi connectivity index (χ1n) is 16.8. The molecule has 0 saturated carbocycles. The summed E-state index contributed by atoms with van der Waals surface area (Å²) in [6.07, 6.45) is 0. The Kier molecular flexibility index (Phi) is 5.38. The van der Waals surface area contributed by atoms with Gasteiger partial charge in [0.2, 0.25) is 0 Å². The van der Waals surface area contributed by atoms with Crippen LogP contribution in [-0.4, -0.2) is 9.13 Å². The number of furan rings is 1. The van der Waals surface area contributed by atoms with E-state index in [-0.39, 0.29) is 0 Å². The summed E-state index contributed by atoms with van der Waals surface area (Å²) in [5, 5.41) is 9.62. The Morgan fingerprint density at radius 1 is 0.306 bits per heavy atom. The molecule has 49 heavy (non-hydrogen) atoms. The number of hydrogen-bond donors (Lipinski definition) is 0. The molecule has 11 rings (SSSR count). The monoisotopic (exact) mass is 624 g/mol. The second kappa shape index (κ2) is 9.96. The maximum atomic E-state index is 6.41. The zero-order valence-corrected chi connectivity index (χ0v) is 26.5. The zero-order chi connectivity index (χ0) is 32.1. The summed E-state index contributed by atoms with van der Waals surface area (Å²) in [5.74, 6) is 0. The van der Waals surface area contributed by atoms with Crippen LogP contribution in [0.5, 0.6) is 0 Å². The normalized spacial score (nSPS) is 12.1. The van der Waals surface area contributed by atoms with Crippen molar-refractivity contribution >= 4 is 76.3 Å². The van der Waals surface area contributed by atoms with Gasteiger partial charge in [-0.1, -0.05) is 97.1 Å². The Morgan fingerprint density at radius 2 is 0.918 bits per heavy atom. The zero-order valence-electron chi connectivity index (χ0n) is 26.5. The minimum atomic E-state index is 0.909. The fraction of sp³-hybridized carbons (Fsp3) is 0. The van der Waals surface area contributed by atoms with Crippen molar-refractivity contribution in [3.05, 3.63) is 170 Å². The first kappa shape index (κ1) is 26.5. The molecular weight excluding hydrogens is 597 g/mol. The van der Waals surface area contributed by atoms with Gasteiger partial charge in [-0.25, -0.2) is 0 Å². The molecule has 0 bridgehead atoms. The standard InChI is InChI=1S/C46H28N2O/c1-2-12-33(13-3-1)47-41-16-8-6-14-35(41)37-25-31(19-22-42(37)47)32-20-23-43-38(26-32)39-28-46-40(36-15-7-9-17-45(36)49-46)27-44(39)48(43)34-21-18-29-10-4-5-11-30(29)24-34/h1-28H. The predicted molar refractivity (Wildman–Crippen MR) is 205 cm³/mol. The first-order valence-corrected chi connectivity index (χ1v) is 16.8. The summed E-state index contributed by atoms with van der Waals surface area (Å²) in [7, 11) is 0. The number of benzene rings is 8. The van der Waals surface area contributed by atoms with Gasteiger partial charge in [0.25, 0.3) is 0 Å². The third-order valence-corrected chi connectivity index (χ3v) is 10.3. The topological polar surface area (TPSA) is 23.0 Å². The first-order chi connectivity index (χ1) is 24.3. The van der Waals surface area contributed by atoms with E-state index in [0.29, 0.717) is 0 Å². The molecule has 0 saturated heterocycles. The van der Waals surface area contributed by atoms with Crippen LogP contribution < -0.4 is 0 Å². The molecule has 0 unspecified atom stereocenters. The lowest BCUT2D eigenvalue weighted by atomic mass is 10.0. The Bertz CT molecular complexity index is 3100.